The molecule has 3 nitrogen and oxygen atoms in total. The number of hydrogen-bond acceptors (Lipinski definition) is 1. The van der Waals surface area contributed by atoms with Gasteiger partial charge in [0.15, 0.2) is 8.07 Å². The molecule has 0 bridgehead atoms. The van der Waals surface area contributed by atoms with Crippen LogP contribution in [0, 0.1) is 0 Å². The van der Waals surface area contributed by atoms with Crippen LogP contribution in [-0.4, -0.2) is 17.2 Å². The Balaban J connectivity index is 0.987. The lowest BCUT2D eigenvalue weighted by Crippen LogP contribution is -2.74. The zero-order valence-electron chi connectivity index (χ0n) is 34.9. The SMILES string of the molecule is c1ccc([Si](c2ccccc2)(c2ccccc2)c2cccc(-n3c4ccccc4c4cc(-n5c6ccccc6c6cc(-c7ccc8oc9ccccc9c8c7)ccc65)ccc43)c2)cc1. The lowest BCUT2D eigenvalue weighted by atomic mass is 10.0. The van der Waals surface area contributed by atoms with Crippen LogP contribution in [0.5, 0.6) is 0 Å². The number of nitrogens with zero attached hydrogens (tertiary/aromatic N) is 2. The minimum absolute atomic E-state index is 0.911. The molecule has 3 aromatic heterocycles. The van der Waals surface area contributed by atoms with Gasteiger partial charge in [-0.25, -0.2) is 0 Å². The van der Waals surface area contributed by atoms with Crippen molar-refractivity contribution in [2.45, 2.75) is 0 Å². The molecule has 0 fully saturated rings. The topological polar surface area (TPSA) is 23.0 Å². The van der Waals surface area contributed by atoms with E-state index in [0.717, 1.165) is 33.3 Å². The van der Waals surface area contributed by atoms with Crippen LogP contribution in [0.15, 0.2) is 247 Å². The summed E-state index contributed by atoms with van der Waals surface area (Å²) in [6.07, 6.45) is 0. The Kier molecular flexibility index (Phi) is 8.23. The van der Waals surface area contributed by atoms with E-state index in [2.05, 4.69) is 240 Å². The van der Waals surface area contributed by atoms with E-state index in [-0.39, 0.29) is 0 Å². The Morgan fingerprint density at radius 2 is 0.703 bits per heavy atom. The van der Waals surface area contributed by atoms with Gasteiger partial charge in [0.2, 0.25) is 0 Å². The fourth-order valence-corrected chi connectivity index (χ4v) is 15.4. The highest BCUT2D eigenvalue weighted by Gasteiger charge is 2.41. The van der Waals surface area contributed by atoms with Crippen molar-refractivity contribution in [3.63, 3.8) is 0 Å². The second-order valence-corrected chi connectivity index (χ2v) is 20.7. The van der Waals surface area contributed by atoms with Crippen LogP contribution in [0.25, 0.3) is 88.1 Å². The Labute approximate surface area is 371 Å². The highest BCUT2D eigenvalue weighted by molar-refractivity contribution is 7.19. The van der Waals surface area contributed by atoms with Crippen LogP contribution in [0.2, 0.25) is 0 Å². The first-order valence-corrected chi connectivity index (χ1v) is 24.0. The molecule has 10 aromatic carbocycles. The third-order valence-corrected chi connectivity index (χ3v) is 18.2. The van der Waals surface area contributed by atoms with Crippen LogP contribution >= 0.6 is 0 Å². The summed E-state index contributed by atoms with van der Waals surface area (Å²) in [6, 6.07) is 89.4. The molecule has 0 atom stereocenters. The fraction of sp³-hybridized carbons (Fsp3) is 0. The second-order valence-electron chi connectivity index (χ2n) is 16.8. The second kappa shape index (κ2) is 14.5. The molecule has 0 aliphatic heterocycles. The summed E-state index contributed by atoms with van der Waals surface area (Å²) in [5.41, 5.74) is 11.2. The predicted octanol–water partition coefficient (Wildman–Crippen LogP) is 12.8. The van der Waals surface area contributed by atoms with Gasteiger partial charge in [0, 0.05) is 43.7 Å². The molecular formula is C60H40N2OSi. The summed E-state index contributed by atoms with van der Waals surface area (Å²) in [4.78, 5) is 0. The summed E-state index contributed by atoms with van der Waals surface area (Å²) in [6.45, 7) is 0. The quantitative estimate of drug-likeness (QED) is 0.116. The maximum absolute atomic E-state index is 6.17. The van der Waals surface area contributed by atoms with E-state index in [1.54, 1.807) is 0 Å². The van der Waals surface area contributed by atoms with E-state index < -0.39 is 8.07 Å². The summed E-state index contributed by atoms with van der Waals surface area (Å²) in [7, 11) is -2.74. The zero-order chi connectivity index (χ0) is 42.2. The van der Waals surface area contributed by atoms with Crippen molar-refractivity contribution in [1.82, 2.24) is 9.13 Å². The van der Waals surface area contributed by atoms with E-state index in [4.69, 9.17) is 4.42 Å². The molecule has 3 heterocycles. The Morgan fingerprint density at radius 3 is 1.33 bits per heavy atom. The molecule has 13 aromatic rings. The van der Waals surface area contributed by atoms with E-state index in [0.29, 0.717) is 0 Å². The smallest absolute Gasteiger partial charge is 0.179 e. The monoisotopic (exact) mass is 832 g/mol. The van der Waals surface area contributed by atoms with Gasteiger partial charge in [-0.05, 0) is 105 Å². The predicted molar refractivity (Wildman–Crippen MR) is 271 cm³/mol. The molecule has 4 heteroatoms. The molecule has 0 unspecified atom stereocenters. The van der Waals surface area contributed by atoms with Crippen molar-refractivity contribution < 1.29 is 4.42 Å². The normalized spacial score (nSPS) is 12.1. The van der Waals surface area contributed by atoms with Crippen molar-refractivity contribution >= 4 is 94.4 Å². The van der Waals surface area contributed by atoms with Crippen molar-refractivity contribution in [3.05, 3.63) is 243 Å². The lowest BCUT2D eigenvalue weighted by Gasteiger charge is -2.34. The van der Waals surface area contributed by atoms with Crippen LogP contribution in [0.4, 0.5) is 0 Å². The number of hydrogen-bond donors (Lipinski definition) is 0. The first-order chi connectivity index (χ1) is 31.7. The van der Waals surface area contributed by atoms with Gasteiger partial charge >= 0.3 is 0 Å². The Morgan fingerprint density at radius 1 is 0.266 bits per heavy atom. The number of benzene rings is 10. The Bertz CT molecular complexity index is 3800. The number of aromatic nitrogens is 2. The van der Waals surface area contributed by atoms with Gasteiger partial charge in [0.05, 0.1) is 22.1 Å². The summed E-state index contributed by atoms with van der Waals surface area (Å²) in [5, 5.41) is 12.6. The van der Waals surface area contributed by atoms with Crippen molar-refractivity contribution in [1.29, 1.82) is 0 Å². The van der Waals surface area contributed by atoms with Crippen LogP contribution < -0.4 is 20.7 Å². The molecule has 0 aliphatic rings. The van der Waals surface area contributed by atoms with E-state index in [1.165, 1.54) is 75.5 Å². The van der Waals surface area contributed by atoms with Gasteiger partial charge in [0.1, 0.15) is 11.2 Å². The third kappa shape index (κ3) is 5.46. The fourth-order valence-electron chi connectivity index (χ4n) is 10.7. The maximum Gasteiger partial charge on any atom is 0.179 e. The summed E-state index contributed by atoms with van der Waals surface area (Å²) >= 11 is 0. The first-order valence-electron chi connectivity index (χ1n) is 22.0. The number of para-hydroxylation sites is 3. The van der Waals surface area contributed by atoms with E-state index in [1.807, 2.05) is 12.1 Å². The molecule has 300 valence electrons. The molecule has 0 spiro atoms. The average Bonchev–Trinajstić information content (AvgIpc) is 4.02. The molecule has 0 saturated carbocycles. The molecule has 0 aliphatic carbocycles. The van der Waals surface area contributed by atoms with Gasteiger partial charge in [-0.1, -0.05) is 170 Å². The van der Waals surface area contributed by atoms with E-state index in [9.17, 15) is 0 Å². The highest BCUT2D eigenvalue weighted by atomic mass is 28.3. The minimum atomic E-state index is -2.74. The van der Waals surface area contributed by atoms with Crippen molar-refractivity contribution in [2.75, 3.05) is 0 Å². The maximum atomic E-state index is 6.17. The van der Waals surface area contributed by atoms with Gasteiger partial charge in [-0.15, -0.1) is 0 Å². The lowest BCUT2D eigenvalue weighted by molar-refractivity contribution is 0.669. The minimum Gasteiger partial charge on any atom is -0.456 e. The van der Waals surface area contributed by atoms with Crippen molar-refractivity contribution in [3.8, 4) is 22.5 Å². The number of furan rings is 1. The number of fused-ring (bicyclic) bond motifs is 9. The summed E-state index contributed by atoms with van der Waals surface area (Å²) < 4.78 is 11.1. The molecule has 0 saturated heterocycles. The molecule has 0 N–H and O–H groups in total. The third-order valence-electron chi connectivity index (χ3n) is 13.5. The summed E-state index contributed by atoms with van der Waals surface area (Å²) in [5.74, 6) is 0. The van der Waals surface area contributed by atoms with Gasteiger partial charge in [-0.3, -0.25) is 0 Å². The molecule has 0 amide bonds. The first kappa shape index (κ1) is 36.5. The van der Waals surface area contributed by atoms with Gasteiger partial charge in [0.25, 0.3) is 0 Å². The molecule has 0 radical (unpaired) electrons. The largest absolute Gasteiger partial charge is 0.456 e. The van der Waals surface area contributed by atoms with Gasteiger partial charge < -0.3 is 13.6 Å². The number of rotatable bonds is 7. The molecular weight excluding hydrogens is 793 g/mol. The van der Waals surface area contributed by atoms with Gasteiger partial charge in [-0.2, -0.15) is 0 Å². The molecule has 64 heavy (non-hydrogen) atoms. The standard InChI is InChI=1S/C60H40N2OSi/c1-4-18-45(19-5-1)64(46-20-6-2-7-21-46,47-22-8-3-9-23-47)48-24-16-17-43(39-48)61-56-29-14-11-26-50(56)53-40-44(33-35-58(53)61)62-55-28-13-10-25-49(55)52-37-41(31-34-57(52)62)42-32-36-60-54(38-42)51-27-12-15-30-59(51)63-60/h1-40H. The Hall–Kier alpha value is -8.18. The van der Waals surface area contributed by atoms with Crippen molar-refractivity contribution in [2.24, 2.45) is 0 Å². The molecule has 13 rings (SSSR count). The highest BCUT2D eigenvalue weighted by Crippen LogP contribution is 2.39. The van der Waals surface area contributed by atoms with Crippen LogP contribution in [0.3, 0.4) is 0 Å². The van der Waals surface area contributed by atoms with Crippen LogP contribution in [-0.2, 0) is 0 Å². The van der Waals surface area contributed by atoms with E-state index >= 15 is 0 Å². The van der Waals surface area contributed by atoms with Crippen LogP contribution in [0.1, 0.15) is 0 Å². The zero-order valence-corrected chi connectivity index (χ0v) is 35.9. The average molecular weight is 833 g/mol.